The van der Waals surface area contributed by atoms with Crippen molar-refractivity contribution >= 4 is 23.2 Å². The van der Waals surface area contributed by atoms with E-state index in [0.29, 0.717) is 22.3 Å². The zero-order valence-electron chi connectivity index (χ0n) is 16.8. The molecule has 9 heteroatoms. The number of rotatable bonds is 2. The first kappa shape index (κ1) is 21.1. The van der Waals surface area contributed by atoms with Gasteiger partial charge in [-0.05, 0) is 56.7 Å². The van der Waals surface area contributed by atoms with Gasteiger partial charge in [-0.2, -0.15) is 10.2 Å². The van der Waals surface area contributed by atoms with Crippen molar-refractivity contribution in [3.05, 3.63) is 70.5 Å². The van der Waals surface area contributed by atoms with Gasteiger partial charge in [0.05, 0.1) is 27.8 Å². The molecule has 0 amide bonds. The summed E-state index contributed by atoms with van der Waals surface area (Å²) in [5.74, 6) is 1.48. The highest BCUT2D eigenvalue weighted by Crippen LogP contribution is 2.26. The minimum Gasteiger partial charge on any atom is -0.508 e. The first-order valence-electron chi connectivity index (χ1n) is 9.09. The lowest BCUT2D eigenvalue weighted by Gasteiger charge is -2.07. The normalized spacial score (nSPS) is 10.5. The van der Waals surface area contributed by atoms with Crippen LogP contribution in [0, 0.1) is 20.8 Å². The third-order valence-corrected chi connectivity index (χ3v) is 4.59. The van der Waals surface area contributed by atoms with E-state index >= 15 is 0 Å². The average Bonchev–Trinajstić information content (AvgIpc) is 3.16. The molecule has 0 saturated heterocycles. The number of aromatic nitrogens is 4. The number of aromatic hydroxyl groups is 2. The third-order valence-electron chi connectivity index (χ3n) is 4.29. The van der Waals surface area contributed by atoms with E-state index in [1.807, 2.05) is 26.8 Å². The standard InChI is InChI=1S/C11H13N3O.C10H10ClN3O/c1-7-5-9(15)3-4-10(7)14-11(12)6-8(2)13-14;1-6-4-10(12)14(13-6)9-3-2-7(15)5-8(9)11/h3-6,15H,12H2,1-2H3;2-5,15H,12H2,1H3. The Bertz CT molecular complexity index is 1100. The molecular formula is C21H23ClN6O2. The zero-order chi connectivity index (χ0) is 22.0. The summed E-state index contributed by atoms with van der Waals surface area (Å²) in [6.07, 6.45) is 0. The molecule has 0 fully saturated rings. The minimum absolute atomic E-state index is 0.117. The Hall–Kier alpha value is -3.65. The van der Waals surface area contributed by atoms with Gasteiger partial charge in [0, 0.05) is 18.2 Å². The van der Waals surface area contributed by atoms with Crippen LogP contribution in [0.3, 0.4) is 0 Å². The Kier molecular flexibility index (Phi) is 5.89. The fourth-order valence-electron chi connectivity index (χ4n) is 2.97. The number of hydrogen-bond donors (Lipinski definition) is 4. The summed E-state index contributed by atoms with van der Waals surface area (Å²) < 4.78 is 3.21. The number of hydrogen-bond acceptors (Lipinski definition) is 6. The summed E-state index contributed by atoms with van der Waals surface area (Å²) in [4.78, 5) is 0. The van der Waals surface area contributed by atoms with E-state index in [9.17, 15) is 10.2 Å². The van der Waals surface area contributed by atoms with Gasteiger partial charge in [-0.25, -0.2) is 9.36 Å². The number of phenolic OH excluding ortho intramolecular Hbond substituents is 2. The van der Waals surface area contributed by atoms with Crippen LogP contribution in [0.2, 0.25) is 5.02 Å². The molecule has 156 valence electrons. The van der Waals surface area contributed by atoms with Gasteiger partial charge in [0.25, 0.3) is 0 Å². The Labute approximate surface area is 178 Å². The van der Waals surface area contributed by atoms with Crippen molar-refractivity contribution < 1.29 is 10.2 Å². The van der Waals surface area contributed by atoms with Crippen molar-refractivity contribution in [3.8, 4) is 22.9 Å². The second kappa shape index (κ2) is 8.38. The summed E-state index contributed by atoms with van der Waals surface area (Å²) in [5.41, 5.74) is 15.7. The number of anilines is 2. The number of aryl methyl sites for hydroxylation is 3. The van der Waals surface area contributed by atoms with Gasteiger partial charge in [0.15, 0.2) is 0 Å². The fraction of sp³-hybridized carbons (Fsp3) is 0.143. The largest absolute Gasteiger partial charge is 0.508 e. The number of nitrogen functional groups attached to an aromatic ring is 2. The first-order chi connectivity index (χ1) is 14.2. The first-order valence-corrected chi connectivity index (χ1v) is 9.46. The summed E-state index contributed by atoms with van der Waals surface area (Å²) in [7, 11) is 0. The topological polar surface area (TPSA) is 128 Å². The number of benzene rings is 2. The summed E-state index contributed by atoms with van der Waals surface area (Å²) in [6.45, 7) is 5.65. The molecule has 6 N–H and O–H groups in total. The smallest absolute Gasteiger partial charge is 0.127 e. The van der Waals surface area contributed by atoms with Crippen LogP contribution >= 0.6 is 11.6 Å². The van der Waals surface area contributed by atoms with Crippen LogP contribution in [0.15, 0.2) is 48.5 Å². The number of phenols is 2. The molecule has 2 aromatic heterocycles. The zero-order valence-corrected chi connectivity index (χ0v) is 17.6. The van der Waals surface area contributed by atoms with Crippen molar-refractivity contribution in [2.45, 2.75) is 20.8 Å². The molecule has 0 aliphatic rings. The minimum atomic E-state index is 0.117. The van der Waals surface area contributed by atoms with Crippen molar-refractivity contribution in [3.63, 3.8) is 0 Å². The van der Waals surface area contributed by atoms with Crippen molar-refractivity contribution in [2.75, 3.05) is 11.5 Å². The second-order valence-electron chi connectivity index (χ2n) is 6.85. The van der Waals surface area contributed by atoms with Crippen LogP contribution in [0.25, 0.3) is 11.4 Å². The monoisotopic (exact) mass is 426 g/mol. The van der Waals surface area contributed by atoms with Gasteiger partial charge in [-0.1, -0.05) is 11.6 Å². The molecule has 0 spiro atoms. The van der Waals surface area contributed by atoms with Gasteiger partial charge >= 0.3 is 0 Å². The molecule has 8 nitrogen and oxygen atoms in total. The molecule has 0 aliphatic heterocycles. The number of nitrogens with two attached hydrogens (primary N) is 2. The molecule has 0 radical (unpaired) electrons. The average molecular weight is 427 g/mol. The van der Waals surface area contributed by atoms with Crippen LogP contribution < -0.4 is 11.5 Å². The highest BCUT2D eigenvalue weighted by molar-refractivity contribution is 6.32. The lowest BCUT2D eigenvalue weighted by Crippen LogP contribution is -2.03. The molecule has 30 heavy (non-hydrogen) atoms. The Morgan fingerprint density at radius 2 is 1.20 bits per heavy atom. The van der Waals surface area contributed by atoms with E-state index in [2.05, 4.69) is 10.2 Å². The van der Waals surface area contributed by atoms with Gasteiger partial charge in [-0.15, -0.1) is 0 Å². The molecule has 4 aromatic rings. The molecule has 0 atom stereocenters. The van der Waals surface area contributed by atoms with Gasteiger partial charge in [0.2, 0.25) is 0 Å². The van der Waals surface area contributed by atoms with Gasteiger partial charge < -0.3 is 21.7 Å². The highest BCUT2D eigenvalue weighted by Gasteiger charge is 2.09. The molecule has 2 heterocycles. The predicted molar refractivity (Wildman–Crippen MR) is 119 cm³/mol. The molecule has 4 rings (SSSR count). The fourth-order valence-corrected chi connectivity index (χ4v) is 3.22. The maximum atomic E-state index is 9.30. The Balaban J connectivity index is 0.000000171. The van der Waals surface area contributed by atoms with Crippen LogP contribution in [0.1, 0.15) is 17.0 Å². The molecule has 2 aromatic carbocycles. The van der Waals surface area contributed by atoms with E-state index in [1.54, 1.807) is 35.0 Å². The Morgan fingerprint density at radius 1 is 0.733 bits per heavy atom. The lowest BCUT2D eigenvalue weighted by atomic mass is 10.2. The van der Waals surface area contributed by atoms with E-state index < -0.39 is 0 Å². The summed E-state index contributed by atoms with van der Waals surface area (Å²) in [5, 5.41) is 27.4. The van der Waals surface area contributed by atoms with Crippen molar-refractivity contribution in [1.82, 2.24) is 19.6 Å². The number of nitrogens with zero attached hydrogens (tertiary/aromatic N) is 4. The Morgan fingerprint density at radius 3 is 1.63 bits per heavy atom. The molecule has 0 bridgehead atoms. The van der Waals surface area contributed by atoms with Crippen LogP contribution in [0.5, 0.6) is 11.5 Å². The lowest BCUT2D eigenvalue weighted by molar-refractivity contribution is 0.474. The quantitative estimate of drug-likeness (QED) is 0.385. The van der Waals surface area contributed by atoms with E-state index in [-0.39, 0.29) is 11.5 Å². The maximum Gasteiger partial charge on any atom is 0.127 e. The highest BCUT2D eigenvalue weighted by atomic mass is 35.5. The maximum absolute atomic E-state index is 9.30. The van der Waals surface area contributed by atoms with Crippen molar-refractivity contribution in [1.29, 1.82) is 0 Å². The van der Waals surface area contributed by atoms with E-state index in [0.717, 1.165) is 22.6 Å². The molecule has 0 aliphatic carbocycles. The van der Waals surface area contributed by atoms with Crippen molar-refractivity contribution in [2.24, 2.45) is 0 Å². The molecular weight excluding hydrogens is 404 g/mol. The molecule has 0 saturated carbocycles. The predicted octanol–water partition coefficient (Wildman–Crippen LogP) is 3.90. The molecule has 0 unspecified atom stereocenters. The van der Waals surface area contributed by atoms with Gasteiger partial charge in [0.1, 0.15) is 23.1 Å². The second-order valence-corrected chi connectivity index (χ2v) is 7.26. The number of halogens is 1. The van der Waals surface area contributed by atoms with Crippen LogP contribution in [-0.4, -0.2) is 29.8 Å². The summed E-state index contributed by atoms with van der Waals surface area (Å²) >= 11 is 5.97. The van der Waals surface area contributed by atoms with E-state index in [1.165, 1.54) is 16.8 Å². The van der Waals surface area contributed by atoms with Gasteiger partial charge in [-0.3, -0.25) is 0 Å². The SMILES string of the molecule is Cc1cc(N)n(-c2ccc(O)cc2C)n1.Cc1cc(N)n(-c2ccc(O)cc2Cl)n1. The third kappa shape index (κ3) is 4.49. The van der Waals surface area contributed by atoms with E-state index in [4.69, 9.17) is 23.1 Å². The van der Waals surface area contributed by atoms with Crippen LogP contribution in [0.4, 0.5) is 11.6 Å². The summed E-state index contributed by atoms with van der Waals surface area (Å²) in [6, 6.07) is 13.3. The van der Waals surface area contributed by atoms with Crippen LogP contribution in [-0.2, 0) is 0 Å².